The molecule has 0 radical (unpaired) electrons. The second kappa shape index (κ2) is 9.74. The first-order valence-electron chi connectivity index (χ1n) is 8.27. The predicted octanol–water partition coefficient (Wildman–Crippen LogP) is 3.07. The number of rotatable bonds is 5. The van der Waals surface area contributed by atoms with Crippen LogP contribution in [-0.2, 0) is 20.1 Å². The van der Waals surface area contributed by atoms with Crippen LogP contribution in [0.4, 0.5) is 0 Å². The van der Waals surface area contributed by atoms with Crippen molar-refractivity contribution in [3.05, 3.63) is 47.0 Å². The molecule has 0 aromatic carbocycles. The summed E-state index contributed by atoms with van der Waals surface area (Å²) in [5.41, 5.74) is 4.40. The fourth-order valence-electron chi connectivity index (χ4n) is 2.75. The molecule has 6 nitrogen and oxygen atoms in total. The van der Waals surface area contributed by atoms with Gasteiger partial charge < -0.3 is 10.2 Å². The van der Waals surface area contributed by atoms with Crippen LogP contribution in [0, 0.1) is 6.92 Å². The average Bonchev–Trinajstić information content (AvgIpc) is 2.88. The largest absolute Gasteiger partial charge is 0.351 e. The van der Waals surface area contributed by atoms with Gasteiger partial charge in [0.1, 0.15) is 0 Å². The van der Waals surface area contributed by atoms with Gasteiger partial charge in [-0.15, -0.1) is 24.0 Å². The van der Waals surface area contributed by atoms with Crippen LogP contribution >= 0.6 is 24.0 Å². The van der Waals surface area contributed by atoms with Crippen LogP contribution in [0.2, 0.25) is 0 Å². The van der Waals surface area contributed by atoms with E-state index in [1.807, 2.05) is 43.9 Å². The molecule has 2 aromatic heterocycles. The molecule has 2 aromatic rings. The van der Waals surface area contributed by atoms with Crippen molar-refractivity contribution in [2.45, 2.75) is 39.8 Å². The molecule has 0 saturated carbocycles. The van der Waals surface area contributed by atoms with Crippen LogP contribution in [0.1, 0.15) is 42.4 Å². The van der Waals surface area contributed by atoms with Gasteiger partial charge >= 0.3 is 0 Å². The molecule has 0 spiro atoms. The minimum atomic E-state index is 0. The topological polar surface area (TPSA) is 58.3 Å². The van der Waals surface area contributed by atoms with Crippen LogP contribution in [0.25, 0.3) is 0 Å². The van der Waals surface area contributed by atoms with E-state index in [1.54, 1.807) is 7.05 Å². The molecule has 0 aliphatic heterocycles. The Morgan fingerprint density at radius 1 is 1.36 bits per heavy atom. The zero-order valence-electron chi connectivity index (χ0n) is 15.9. The van der Waals surface area contributed by atoms with E-state index < -0.39 is 0 Å². The molecule has 2 heterocycles. The van der Waals surface area contributed by atoms with E-state index in [2.05, 4.69) is 45.3 Å². The van der Waals surface area contributed by atoms with Crippen molar-refractivity contribution < 1.29 is 0 Å². The summed E-state index contributed by atoms with van der Waals surface area (Å²) in [4.78, 5) is 11.0. The first kappa shape index (κ1) is 21.4. The Morgan fingerprint density at radius 3 is 2.68 bits per heavy atom. The van der Waals surface area contributed by atoms with E-state index in [4.69, 9.17) is 0 Å². The summed E-state index contributed by atoms with van der Waals surface area (Å²) < 4.78 is 1.88. The Balaban J connectivity index is 0.00000312. The third kappa shape index (κ3) is 5.98. The lowest BCUT2D eigenvalue weighted by molar-refractivity contribution is 0.472. The van der Waals surface area contributed by atoms with Crippen molar-refractivity contribution in [3.63, 3.8) is 0 Å². The molecule has 2 rings (SSSR count). The number of aryl methyl sites for hydroxylation is 2. The number of hydrogen-bond donors (Lipinski definition) is 1. The number of halogens is 1. The highest BCUT2D eigenvalue weighted by Crippen LogP contribution is 2.18. The normalized spacial score (nSPS) is 11.4. The van der Waals surface area contributed by atoms with E-state index in [0.717, 1.165) is 29.6 Å². The van der Waals surface area contributed by atoms with E-state index in [1.165, 1.54) is 5.56 Å². The lowest BCUT2D eigenvalue weighted by Gasteiger charge is -2.22. The fraction of sp³-hybridized carbons (Fsp3) is 0.500. The zero-order valence-corrected chi connectivity index (χ0v) is 18.3. The summed E-state index contributed by atoms with van der Waals surface area (Å²) in [7, 11) is 5.80. The lowest BCUT2D eigenvalue weighted by Crippen LogP contribution is -2.38. The Bertz CT molecular complexity index is 707. The van der Waals surface area contributed by atoms with Gasteiger partial charge in [0.2, 0.25) is 0 Å². The molecular weight excluding hydrogens is 427 g/mol. The van der Waals surface area contributed by atoms with Gasteiger partial charge in [0, 0.05) is 45.1 Å². The van der Waals surface area contributed by atoms with Gasteiger partial charge in [-0.3, -0.25) is 14.7 Å². The highest BCUT2D eigenvalue weighted by molar-refractivity contribution is 14.0. The molecule has 0 fully saturated rings. The van der Waals surface area contributed by atoms with Gasteiger partial charge in [-0.1, -0.05) is 19.9 Å². The molecule has 0 unspecified atom stereocenters. The number of pyridine rings is 1. The van der Waals surface area contributed by atoms with Crippen molar-refractivity contribution in [2.75, 3.05) is 14.1 Å². The van der Waals surface area contributed by atoms with E-state index in [9.17, 15) is 0 Å². The maximum absolute atomic E-state index is 4.57. The smallest absolute Gasteiger partial charge is 0.194 e. The standard InChI is InChI=1S/C18H28N6.HI/c1-13(2)17-15(12-24(6)22-17)11-23(5)18(19-4)20-10-16-9-7-8-14(3)21-16;/h7-9,12-13H,10-11H2,1-6H3,(H,19,20);1H. The van der Waals surface area contributed by atoms with Crippen LogP contribution in [0.15, 0.2) is 29.4 Å². The summed E-state index contributed by atoms with van der Waals surface area (Å²) >= 11 is 0. The molecule has 0 amide bonds. The second-order valence-corrected chi connectivity index (χ2v) is 6.40. The van der Waals surface area contributed by atoms with Gasteiger partial charge in [-0.25, -0.2) is 0 Å². The SMILES string of the molecule is CN=C(NCc1cccc(C)n1)N(C)Cc1cn(C)nc1C(C)C.I. The van der Waals surface area contributed by atoms with Crippen LogP contribution in [-0.4, -0.2) is 39.7 Å². The minimum Gasteiger partial charge on any atom is -0.351 e. The van der Waals surface area contributed by atoms with Gasteiger partial charge in [0.05, 0.1) is 17.9 Å². The van der Waals surface area contributed by atoms with E-state index >= 15 is 0 Å². The summed E-state index contributed by atoms with van der Waals surface area (Å²) in [6, 6.07) is 6.04. The predicted molar refractivity (Wildman–Crippen MR) is 113 cm³/mol. The van der Waals surface area contributed by atoms with Crippen LogP contribution in [0.5, 0.6) is 0 Å². The molecule has 0 aliphatic rings. The number of aliphatic imine (C=N–C) groups is 1. The highest BCUT2D eigenvalue weighted by atomic mass is 127. The lowest BCUT2D eigenvalue weighted by atomic mass is 10.1. The van der Waals surface area contributed by atoms with Crippen molar-refractivity contribution in [1.29, 1.82) is 0 Å². The van der Waals surface area contributed by atoms with E-state index in [-0.39, 0.29) is 24.0 Å². The maximum Gasteiger partial charge on any atom is 0.194 e. The third-order valence-corrected chi connectivity index (χ3v) is 3.84. The quantitative estimate of drug-likeness (QED) is 0.427. The monoisotopic (exact) mass is 456 g/mol. The molecule has 0 saturated heterocycles. The Kier molecular flexibility index (Phi) is 8.34. The first-order valence-corrected chi connectivity index (χ1v) is 8.27. The Labute approximate surface area is 167 Å². The van der Waals surface area contributed by atoms with Gasteiger partial charge in [-0.05, 0) is 25.0 Å². The summed E-state index contributed by atoms with van der Waals surface area (Å²) in [6.45, 7) is 7.76. The molecule has 0 aliphatic carbocycles. The Hall–Kier alpha value is -1.64. The molecule has 25 heavy (non-hydrogen) atoms. The molecule has 7 heteroatoms. The van der Waals surface area contributed by atoms with Crippen molar-refractivity contribution >= 4 is 29.9 Å². The molecule has 138 valence electrons. The summed E-state index contributed by atoms with van der Waals surface area (Å²) in [5.74, 6) is 1.25. The van der Waals surface area contributed by atoms with Crippen molar-refractivity contribution in [2.24, 2.45) is 12.0 Å². The van der Waals surface area contributed by atoms with Crippen molar-refractivity contribution in [1.82, 2.24) is 25.0 Å². The zero-order chi connectivity index (χ0) is 17.7. The van der Waals surface area contributed by atoms with Gasteiger partial charge in [-0.2, -0.15) is 5.10 Å². The van der Waals surface area contributed by atoms with Crippen molar-refractivity contribution in [3.8, 4) is 0 Å². The summed E-state index contributed by atoms with van der Waals surface area (Å²) in [6.07, 6.45) is 2.08. The second-order valence-electron chi connectivity index (χ2n) is 6.40. The molecule has 1 N–H and O–H groups in total. The summed E-state index contributed by atoms with van der Waals surface area (Å²) in [5, 5.41) is 7.95. The fourth-order valence-corrected chi connectivity index (χ4v) is 2.75. The molecular formula is C18H29IN6. The number of guanidine groups is 1. The molecule has 0 atom stereocenters. The molecule has 0 bridgehead atoms. The number of nitrogens with one attached hydrogen (secondary N) is 1. The van der Waals surface area contributed by atoms with Crippen LogP contribution in [0.3, 0.4) is 0 Å². The maximum atomic E-state index is 4.57. The van der Waals surface area contributed by atoms with E-state index in [0.29, 0.717) is 12.5 Å². The number of hydrogen-bond acceptors (Lipinski definition) is 3. The first-order chi connectivity index (χ1) is 11.4. The van der Waals surface area contributed by atoms with Gasteiger partial charge in [0.25, 0.3) is 0 Å². The minimum absolute atomic E-state index is 0. The number of aromatic nitrogens is 3. The van der Waals surface area contributed by atoms with Gasteiger partial charge in [0.15, 0.2) is 5.96 Å². The Morgan fingerprint density at radius 2 is 2.08 bits per heavy atom. The highest BCUT2D eigenvalue weighted by Gasteiger charge is 2.15. The number of nitrogens with zero attached hydrogens (tertiary/aromatic N) is 5. The van der Waals surface area contributed by atoms with Crippen LogP contribution < -0.4 is 5.32 Å². The third-order valence-electron chi connectivity index (χ3n) is 3.84. The average molecular weight is 456 g/mol.